The van der Waals surface area contributed by atoms with E-state index in [1.807, 2.05) is 0 Å². The topological polar surface area (TPSA) is 367 Å². The Bertz CT molecular complexity index is 3680. The third-order valence-corrected chi connectivity index (χ3v) is 12.7. The fraction of sp³-hybridized carbons (Fsp3) is 0.0556. The number of nitriles is 2. The third kappa shape index (κ3) is 12.0. The highest BCUT2D eigenvalue weighted by Crippen LogP contribution is 2.41. The number of anilines is 2. The van der Waals surface area contributed by atoms with Crippen LogP contribution in [0.3, 0.4) is 0 Å². The van der Waals surface area contributed by atoms with Crippen LogP contribution in [0.15, 0.2) is 29.1 Å². The van der Waals surface area contributed by atoms with Crippen LogP contribution in [-0.2, 0) is 0 Å². The number of aromatic nitrogens is 8. The van der Waals surface area contributed by atoms with E-state index in [1.54, 1.807) is 20.0 Å². The molecule has 36 heteroatoms. The molecule has 0 spiro atoms. The zero-order chi connectivity index (χ0) is 53.8. The zero-order valence-electron chi connectivity index (χ0n) is 34.5. The average Bonchev–Trinajstić information content (AvgIpc) is 3.28. The summed E-state index contributed by atoms with van der Waals surface area (Å²) < 4.78 is 0. The maximum absolute atomic E-state index is 11.6. The van der Waals surface area contributed by atoms with Gasteiger partial charge < -0.3 is 4.98 Å². The molecule has 0 amide bonds. The van der Waals surface area contributed by atoms with Crippen LogP contribution < -0.4 is 16.2 Å². The lowest BCUT2D eigenvalue weighted by atomic mass is 10.2. The average molecular weight is 1200 g/mol. The van der Waals surface area contributed by atoms with Crippen molar-refractivity contribution in [1.82, 2.24) is 39.9 Å². The number of hydrogen-bond donors (Lipinski definition) is 3. The summed E-state index contributed by atoms with van der Waals surface area (Å²) in [7, 11) is 0. The summed E-state index contributed by atoms with van der Waals surface area (Å²) in [5.41, 5.74) is -1.29. The Hall–Kier alpha value is -6.59. The smallest absolute Gasteiger partial charge is 0.312 e. The van der Waals surface area contributed by atoms with Gasteiger partial charge in [0.15, 0.2) is 50.2 Å². The summed E-state index contributed by atoms with van der Waals surface area (Å²) in [5.74, 6) is -0.0784. The first kappa shape index (κ1) is 56.3. The zero-order valence-corrected chi connectivity index (χ0v) is 42.8. The Morgan fingerprint density at radius 1 is 0.472 bits per heavy atom. The third-order valence-electron chi connectivity index (χ3n) is 8.63. The van der Waals surface area contributed by atoms with Crippen molar-refractivity contribution in [2.45, 2.75) is 13.8 Å². The van der Waals surface area contributed by atoms with E-state index in [2.05, 4.69) is 50.5 Å². The first-order valence-corrected chi connectivity index (χ1v) is 22.2. The number of halogens is 11. The molecule has 0 atom stereocenters. The van der Waals surface area contributed by atoms with Crippen molar-refractivity contribution in [3.05, 3.63) is 142 Å². The molecule has 4 heterocycles. The van der Waals surface area contributed by atoms with Crippen LogP contribution in [0.5, 0.6) is 0 Å². The van der Waals surface area contributed by atoms with Gasteiger partial charge >= 0.3 is 22.7 Å². The normalized spacial score (nSPS) is 10.5. The fourth-order valence-corrected chi connectivity index (χ4v) is 7.63. The molecule has 25 nitrogen and oxygen atoms in total. The van der Waals surface area contributed by atoms with Gasteiger partial charge in [-0.1, -0.05) is 128 Å². The van der Waals surface area contributed by atoms with Gasteiger partial charge in [0.25, 0.3) is 5.56 Å². The largest absolute Gasteiger partial charge is 0.317 e. The number of hydrogen-bond acceptors (Lipinski definition) is 20. The van der Waals surface area contributed by atoms with Crippen molar-refractivity contribution < 1.29 is 19.7 Å². The summed E-state index contributed by atoms with van der Waals surface area (Å²) in [6, 6.07) is 5.35. The number of nitrogens with one attached hydrogen (secondary N) is 3. The molecule has 368 valence electrons. The molecule has 4 aromatic heterocycles. The lowest BCUT2D eigenvalue weighted by Gasteiger charge is -2.06. The van der Waals surface area contributed by atoms with Crippen molar-refractivity contribution in [1.29, 1.82) is 10.5 Å². The number of nitrogens with zero attached hydrogens (tertiary/aromatic N) is 13. The second-order valence-corrected chi connectivity index (χ2v) is 17.3. The molecule has 0 fully saturated rings. The SMILES string of the molecule is Cc1nc2c([N+](=O)[O-])c(Cl)c(Cl)cc2nc1Cl.Cc1nc2c([N+](=O)[O-])c(Cl)c(Cl)cc2nc1NC#N.N#CNc1nc2cc(Cl)c(Cl)c([N+](=O)[O-])c2[nH]c1=O.O=[N+]([O-])c1c(Cl)c(Cl)cc2nc(Cl)c(Cl)nc12. The number of nitro groups is 4. The van der Waals surface area contributed by atoms with Gasteiger partial charge in [0.2, 0.25) is 5.82 Å². The Labute approximate surface area is 452 Å². The van der Waals surface area contributed by atoms with E-state index in [1.165, 1.54) is 30.5 Å². The number of fused-ring (bicyclic) bond motifs is 4. The summed E-state index contributed by atoms with van der Waals surface area (Å²) in [6.45, 7) is 3.17. The minimum Gasteiger partial charge on any atom is -0.312 e. The predicted octanol–water partition coefficient (Wildman–Crippen LogP) is 13.0. The quantitative estimate of drug-likeness (QED) is 0.0602. The van der Waals surface area contributed by atoms with Crippen LogP contribution in [0, 0.1) is 77.2 Å². The number of nitro benzene ring substituents is 4. The predicted molar refractivity (Wildman–Crippen MR) is 271 cm³/mol. The van der Waals surface area contributed by atoms with Gasteiger partial charge in [-0.05, 0) is 38.1 Å². The molecular formula is C36H13Cl11N16O9. The van der Waals surface area contributed by atoms with E-state index in [0.717, 1.165) is 0 Å². The molecule has 0 aliphatic heterocycles. The standard InChI is InChI=1S/C10H5Cl2N5O2.C9H4Cl3N3O2.C9H3Cl2N5O3.C8HCl4N3O2/c1-4-10(14-3-13)16-6-2-5(11)7(12)9(17(18)19)8(6)15-4;1-3-9(12)14-5-2-4(10)6(11)8(15(16)17)7(5)13-3;10-3-1-4-6(7(5(3)11)16(18)19)15-9(17)8(14-4)13-2-12;9-2-1-3-5(6(4(2)10)15(16)17)14-8(12)7(11)13-3/h2H,1H3,(H,14,16);2H,1H3;1H,(H,13,14)(H,15,17);1H. The van der Waals surface area contributed by atoms with Crippen LogP contribution in [0.4, 0.5) is 34.4 Å². The van der Waals surface area contributed by atoms with Crippen LogP contribution in [-0.4, -0.2) is 59.6 Å². The first-order valence-electron chi connectivity index (χ1n) is 18.0. The molecule has 0 saturated heterocycles. The molecule has 4 aromatic carbocycles. The lowest BCUT2D eigenvalue weighted by molar-refractivity contribution is -0.383. The van der Waals surface area contributed by atoms with Crippen LogP contribution in [0.25, 0.3) is 44.1 Å². The number of benzene rings is 4. The fourth-order valence-electron chi connectivity index (χ4n) is 5.61. The molecule has 8 aromatic rings. The van der Waals surface area contributed by atoms with Crippen molar-refractivity contribution in [2.24, 2.45) is 0 Å². The second-order valence-electron chi connectivity index (χ2n) is 13.1. The van der Waals surface area contributed by atoms with Crippen molar-refractivity contribution in [2.75, 3.05) is 10.6 Å². The van der Waals surface area contributed by atoms with Gasteiger partial charge in [0, 0.05) is 0 Å². The van der Waals surface area contributed by atoms with E-state index in [0.29, 0.717) is 11.4 Å². The second kappa shape index (κ2) is 23.3. The Balaban J connectivity index is 0.000000179. The molecule has 0 unspecified atom stereocenters. The van der Waals surface area contributed by atoms with Gasteiger partial charge in [-0.25, -0.2) is 34.9 Å². The van der Waals surface area contributed by atoms with Crippen LogP contribution >= 0.6 is 128 Å². The van der Waals surface area contributed by atoms with E-state index < -0.39 is 42.3 Å². The summed E-state index contributed by atoms with van der Waals surface area (Å²) in [5, 5.41) is 64.3. The highest BCUT2D eigenvalue weighted by molar-refractivity contribution is 6.47. The highest BCUT2D eigenvalue weighted by Gasteiger charge is 2.27. The Kier molecular flexibility index (Phi) is 18.2. The molecule has 0 radical (unpaired) electrons. The molecular weight excluding hydrogens is 1190 g/mol. The van der Waals surface area contributed by atoms with E-state index in [4.69, 9.17) is 138 Å². The van der Waals surface area contributed by atoms with Crippen molar-refractivity contribution >= 4 is 206 Å². The Morgan fingerprint density at radius 3 is 1.24 bits per heavy atom. The van der Waals surface area contributed by atoms with E-state index >= 15 is 0 Å². The molecule has 0 saturated carbocycles. The van der Waals surface area contributed by atoms with Gasteiger partial charge in [0.1, 0.15) is 25.6 Å². The molecule has 0 bridgehead atoms. The maximum Gasteiger partial charge on any atom is 0.317 e. The van der Waals surface area contributed by atoms with Gasteiger partial charge in [-0.15, -0.1) is 0 Å². The number of aromatic amines is 1. The highest BCUT2D eigenvalue weighted by atomic mass is 35.5. The number of aryl methyl sites for hydroxylation is 2. The van der Waals surface area contributed by atoms with E-state index in [-0.39, 0.29) is 117 Å². The molecule has 0 aliphatic rings. The Morgan fingerprint density at radius 2 is 0.806 bits per heavy atom. The lowest BCUT2D eigenvalue weighted by Crippen LogP contribution is -2.14. The van der Waals surface area contributed by atoms with Gasteiger partial charge in [-0.3, -0.25) is 55.9 Å². The van der Waals surface area contributed by atoms with Gasteiger partial charge in [-0.2, -0.15) is 10.5 Å². The summed E-state index contributed by atoms with van der Waals surface area (Å²) in [4.78, 5) is 82.4. The van der Waals surface area contributed by atoms with E-state index in [9.17, 15) is 45.3 Å². The van der Waals surface area contributed by atoms with Crippen LogP contribution in [0.2, 0.25) is 55.6 Å². The first-order chi connectivity index (χ1) is 33.7. The monoisotopic (exact) mass is 1200 g/mol. The minimum atomic E-state index is -0.782. The minimum absolute atomic E-state index is 0.00134. The van der Waals surface area contributed by atoms with Crippen molar-refractivity contribution in [3.63, 3.8) is 0 Å². The van der Waals surface area contributed by atoms with Crippen molar-refractivity contribution in [3.8, 4) is 12.4 Å². The molecule has 72 heavy (non-hydrogen) atoms. The molecule has 0 aliphatic carbocycles. The summed E-state index contributed by atoms with van der Waals surface area (Å²) in [6.07, 6.45) is 3.23. The van der Waals surface area contributed by atoms with Gasteiger partial charge in [0.05, 0.1) is 73.2 Å². The molecule has 8 rings (SSSR count). The number of rotatable bonds is 6. The maximum atomic E-state index is 11.6. The van der Waals surface area contributed by atoms with Crippen LogP contribution in [0.1, 0.15) is 11.4 Å². The number of H-pyrrole nitrogens is 1. The summed E-state index contributed by atoms with van der Waals surface area (Å²) >= 11 is 63.3. The molecule has 3 N–H and O–H groups in total.